The molecule has 63 heavy (non-hydrogen) atoms. The smallest absolute Gasteiger partial charge is 0.462 e. The molecule has 1 saturated carbocycles. The minimum Gasteiger partial charge on any atom is -0.462 e. The number of carbonyl (C=O) groups excluding carboxylic acids is 2. The number of esters is 2. The number of aliphatic hydroxyl groups is 3. The highest BCUT2D eigenvalue weighted by atomic mass is 31.2. The van der Waals surface area contributed by atoms with Gasteiger partial charge in [0.05, 0.1) is 6.61 Å². The molecule has 0 amide bonds. The Bertz CT molecular complexity index is 1310. The van der Waals surface area contributed by atoms with Crippen molar-refractivity contribution in [2.24, 2.45) is 0 Å². The van der Waals surface area contributed by atoms with Gasteiger partial charge in [-0.1, -0.05) is 168 Å². The van der Waals surface area contributed by atoms with Crippen molar-refractivity contribution in [2.45, 2.75) is 236 Å². The highest BCUT2D eigenvalue weighted by Gasteiger charge is 2.56. The first-order chi connectivity index (χ1) is 29.8. The molecule has 1 rings (SSSR count). The molecule has 0 aromatic heterocycles. The van der Waals surface area contributed by atoms with Gasteiger partial charge in [0, 0.05) is 12.8 Å². The molecule has 0 heterocycles. The fraction of sp³-hybridized carbons (Fsp3) is 0.951. The summed E-state index contributed by atoms with van der Waals surface area (Å²) < 4.78 is 65.4. The first-order valence-electron chi connectivity index (χ1n) is 23.3. The Balaban J connectivity index is 2.76. The summed E-state index contributed by atoms with van der Waals surface area (Å²) in [6.07, 6.45) is 12.7. The van der Waals surface area contributed by atoms with E-state index in [1.807, 2.05) is 0 Å². The van der Waals surface area contributed by atoms with E-state index in [1.54, 1.807) is 0 Å². The number of rotatable bonds is 40. The summed E-state index contributed by atoms with van der Waals surface area (Å²) in [7, 11) is -16.6. The van der Waals surface area contributed by atoms with Crippen molar-refractivity contribution in [3.05, 3.63) is 0 Å². The summed E-state index contributed by atoms with van der Waals surface area (Å²) in [5, 5.41) is 31.8. The van der Waals surface area contributed by atoms with Gasteiger partial charge in [-0.2, -0.15) is 0 Å². The van der Waals surface area contributed by atoms with Gasteiger partial charge in [-0.3, -0.25) is 27.7 Å². The molecule has 0 radical (unpaired) electrons. The molecule has 0 saturated heterocycles. The molecule has 0 spiro atoms. The minimum atomic E-state index is -5.54. The van der Waals surface area contributed by atoms with Crippen molar-refractivity contribution in [3.63, 3.8) is 0 Å². The summed E-state index contributed by atoms with van der Waals surface area (Å²) in [5.74, 6) is -1.30. The fourth-order valence-electron chi connectivity index (χ4n) is 7.41. The van der Waals surface area contributed by atoms with E-state index in [1.165, 1.54) is 96.3 Å². The van der Waals surface area contributed by atoms with Gasteiger partial charge in [0.1, 0.15) is 43.2 Å². The van der Waals surface area contributed by atoms with Crippen LogP contribution in [0.15, 0.2) is 0 Å². The summed E-state index contributed by atoms with van der Waals surface area (Å²) >= 11 is 0. The molecule has 8 atom stereocenters. The van der Waals surface area contributed by atoms with Gasteiger partial charge < -0.3 is 49.3 Å². The van der Waals surface area contributed by atoms with Crippen LogP contribution in [-0.2, 0) is 50.9 Å². The fourth-order valence-corrected chi connectivity index (χ4v) is 9.52. The normalized spacial score (nSPS) is 22.1. The first-order valence-corrected chi connectivity index (χ1v) is 27.9. The van der Waals surface area contributed by atoms with Crippen LogP contribution in [0.1, 0.15) is 194 Å². The molecule has 0 aromatic carbocycles. The summed E-state index contributed by atoms with van der Waals surface area (Å²) in [6, 6.07) is 0. The molecular weight excluding hydrogens is 889 g/mol. The molecule has 0 bridgehead atoms. The number of carbonyl (C=O) groups is 2. The van der Waals surface area contributed by atoms with Crippen molar-refractivity contribution in [1.82, 2.24) is 0 Å². The largest absolute Gasteiger partial charge is 0.472 e. The van der Waals surface area contributed by atoms with Gasteiger partial charge in [0.15, 0.2) is 6.10 Å². The number of unbranched alkanes of at least 4 members (excludes halogenated alkanes) is 24. The Morgan fingerprint density at radius 3 is 1.08 bits per heavy atom. The summed E-state index contributed by atoms with van der Waals surface area (Å²) in [4.78, 5) is 73.1. The van der Waals surface area contributed by atoms with Crippen molar-refractivity contribution >= 4 is 35.4 Å². The third-order valence-corrected chi connectivity index (χ3v) is 12.9. The maximum atomic E-state index is 13.1. The molecule has 1 aliphatic rings. The van der Waals surface area contributed by atoms with E-state index in [9.17, 15) is 63.1 Å². The molecular formula is C41H81O19P3. The second kappa shape index (κ2) is 34.4. The zero-order chi connectivity index (χ0) is 47.2. The maximum Gasteiger partial charge on any atom is 0.472 e. The summed E-state index contributed by atoms with van der Waals surface area (Å²) in [5.41, 5.74) is 0. The van der Waals surface area contributed by atoms with Crippen molar-refractivity contribution in [1.29, 1.82) is 0 Å². The zero-order valence-corrected chi connectivity index (χ0v) is 40.3. The average Bonchev–Trinajstić information content (AvgIpc) is 3.20. The van der Waals surface area contributed by atoms with E-state index in [-0.39, 0.29) is 12.8 Å². The average molecular weight is 971 g/mol. The molecule has 3 unspecified atom stereocenters. The Labute approximate surface area is 374 Å². The van der Waals surface area contributed by atoms with Crippen molar-refractivity contribution < 1.29 is 90.6 Å². The van der Waals surface area contributed by atoms with Gasteiger partial charge in [-0.15, -0.1) is 0 Å². The zero-order valence-electron chi connectivity index (χ0n) is 37.7. The molecule has 1 fully saturated rings. The lowest BCUT2D eigenvalue weighted by atomic mass is 9.85. The van der Waals surface area contributed by atoms with E-state index in [4.69, 9.17) is 18.5 Å². The summed E-state index contributed by atoms with van der Waals surface area (Å²) in [6.45, 7) is 2.92. The standard InChI is InChI=1S/C41H81O19P3/c1-3-5-7-9-11-13-15-17-19-21-23-25-27-29-34(42)55-31-33(57-35(43)30-28-26-24-22-20-18-16-14-12-10-8-6-4-2)32-56-63(53,54)60-41-37(45)39(58-61(47,48)49)36(44)40(38(41)46)59-62(50,51)52/h33,36-41,44-46H,3-32H2,1-2H3,(H,53,54)(H2,47,48,49)(H2,50,51,52)/t33-,36?,37+,38+,39-,40+,41?/m1/s1. The molecule has 374 valence electrons. The highest BCUT2D eigenvalue weighted by molar-refractivity contribution is 7.47. The van der Waals surface area contributed by atoms with Crippen LogP contribution in [0.25, 0.3) is 0 Å². The Morgan fingerprint density at radius 2 is 0.746 bits per heavy atom. The van der Waals surface area contributed by atoms with Gasteiger partial charge in [0.2, 0.25) is 0 Å². The Hall–Kier alpha value is -0.850. The van der Waals surface area contributed by atoms with E-state index in [0.717, 1.165) is 57.8 Å². The highest BCUT2D eigenvalue weighted by Crippen LogP contribution is 2.51. The molecule has 8 N–H and O–H groups in total. The van der Waals surface area contributed by atoms with Gasteiger partial charge >= 0.3 is 35.4 Å². The Morgan fingerprint density at radius 1 is 0.444 bits per heavy atom. The van der Waals surface area contributed by atoms with Gasteiger partial charge in [-0.25, -0.2) is 13.7 Å². The lowest BCUT2D eigenvalue weighted by molar-refractivity contribution is -0.213. The van der Waals surface area contributed by atoms with Crippen LogP contribution in [0.2, 0.25) is 0 Å². The maximum absolute atomic E-state index is 13.1. The van der Waals surface area contributed by atoms with E-state index in [2.05, 4.69) is 22.9 Å². The molecule has 22 heteroatoms. The molecule has 0 aromatic rings. The van der Waals surface area contributed by atoms with Crippen LogP contribution in [0.3, 0.4) is 0 Å². The minimum absolute atomic E-state index is 0.000839. The predicted molar refractivity (Wildman–Crippen MR) is 234 cm³/mol. The molecule has 19 nitrogen and oxygen atoms in total. The van der Waals surface area contributed by atoms with Crippen LogP contribution in [-0.4, -0.2) is 108 Å². The van der Waals surface area contributed by atoms with E-state index in [0.29, 0.717) is 12.8 Å². The van der Waals surface area contributed by atoms with Crippen molar-refractivity contribution in [2.75, 3.05) is 13.2 Å². The monoisotopic (exact) mass is 970 g/mol. The SMILES string of the molecule is CCCCCCCCCCCCCCCC(=O)OC[C@H](COP(=O)(O)OC1[C@@H](O)[C@H](OP(=O)(O)O)C(O)[C@H](OP(=O)(O)O)[C@@H]1O)OC(=O)CCCCCCCCCCCCCCC. The van der Waals surface area contributed by atoms with Crippen LogP contribution in [0.5, 0.6) is 0 Å². The number of ether oxygens (including phenoxy) is 2. The van der Waals surface area contributed by atoms with E-state index < -0.39 is 91.3 Å². The second-order valence-corrected chi connectivity index (χ2v) is 20.5. The number of hydrogen-bond acceptors (Lipinski definition) is 14. The number of hydrogen-bond donors (Lipinski definition) is 8. The number of phosphoric acid groups is 3. The first kappa shape index (κ1) is 60.2. The van der Waals surface area contributed by atoms with Crippen LogP contribution in [0.4, 0.5) is 0 Å². The van der Waals surface area contributed by atoms with Crippen molar-refractivity contribution in [3.8, 4) is 0 Å². The van der Waals surface area contributed by atoms with E-state index >= 15 is 0 Å². The predicted octanol–water partition coefficient (Wildman–Crippen LogP) is 7.96. The van der Waals surface area contributed by atoms with Crippen LogP contribution >= 0.6 is 23.5 Å². The third kappa shape index (κ3) is 30.9. The third-order valence-electron chi connectivity index (χ3n) is 10.9. The van der Waals surface area contributed by atoms with Gasteiger partial charge in [0.25, 0.3) is 0 Å². The van der Waals surface area contributed by atoms with Gasteiger partial charge in [-0.05, 0) is 12.8 Å². The molecule has 0 aliphatic heterocycles. The number of phosphoric ester groups is 3. The van der Waals surface area contributed by atoms with Crippen LogP contribution in [0, 0.1) is 0 Å². The number of aliphatic hydroxyl groups excluding tert-OH is 3. The lowest BCUT2D eigenvalue weighted by Crippen LogP contribution is -2.65. The quantitative estimate of drug-likeness (QED) is 0.0164. The second-order valence-electron chi connectivity index (χ2n) is 16.7. The lowest BCUT2D eigenvalue weighted by Gasteiger charge is -2.44. The Kier molecular flexibility index (Phi) is 32.9. The topological polar surface area (TPSA) is 303 Å². The van der Waals surface area contributed by atoms with Crippen LogP contribution < -0.4 is 0 Å². The molecule has 1 aliphatic carbocycles.